The first-order chi connectivity index (χ1) is 13.5. The van der Waals surface area contributed by atoms with Crippen molar-refractivity contribution in [1.29, 1.82) is 5.41 Å². The van der Waals surface area contributed by atoms with Crippen molar-refractivity contribution in [3.05, 3.63) is 71.8 Å². The Morgan fingerprint density at radius 2 is 2.07 bits per heavy atom. The number of nitrogens with zero attached hydrogens (tertiary/aromatic N) is 2. The number of aliphatic imine (C=N–C) groups is 1. The summed E-state index contributed by atoms with van der Waals surface area (Å²) in [6.45, 7) is 10.6. The van der Waals surface area contributed by atoms with Gasteiger partial charge in [-0.05, 0) is 62.6 Å². The first-order valence-electron chi connectivity index (χ1n) is 9.36. The molecule has 0 aliphatic heterocycles. The van der Waals surface area contributed by atoms with Crippen molar-refractivity contribution in [3.63, 3.8) is 0 Å². The Morgan fingerprint density at radius 1 is 1.29 bits per heavy atom. The first kappa shape index (κ1) is 21.3. The second-order valence-corrected chi connectivity index (χ2v) is 6.55. The molecule has 0 spiro atoms. The Kier molecular flexibility index (Phi) is 7.84. The fourth-order valence-corrected chi connectivity index (χ4v) is 2.64. The molecule has 0 radical (unpaired) electrons. The molecule has 146 valence electrons. The molecule has 0 aliphatic carbocycles. The number of benzene rings is 1. The zero-order valence-corrected chi connectivity index (χ0v) is 16.8. The Morgan fingerprint density at radius 3 is 2.68 bits per heavy atom. The number of allylic oxidation sites excluding steroid dienone is 2. The van der Waals surface area contributed by atoms with Crippen LogP contribution in [0.5, 0.6) is 5.75 Å². The summed E-state index contributed by atoms with van der Waals surface area (Å²) in [5, 5.41) is 7.52. The van der Waals surface area contributed by atoms with Crippen LogP contribution in [0.4, 0.5) is 0 Å². The standard InChI is InChI=1S/C23H28N4O/c1-5-16(2)27-17(3)12-18(4)28-23-13-20(14-25)6-8-21(23)22-9-7-19(10-11-24)15-26-22/h6-9,12-15,25H,4-5,10-11,24H2,1-3H3/b17-12-,25-14?,27-16-. The molecule has 28 heavy (non-hydrogen) atoms. The van der Waals surface area contributed by atoms with E-state index in [2.05, 4.69) is 23.5 Å². The highest BCUT2D eigenvalue weighted by Crippen LogP contribution is 2.31. The van der Waals surface area contributed by atoms with Crippen LogP contribution in [-0.2, 0) is 6.42 Å². The fraction of sp³-hybridized carbons (Fsp3) is 0.261. The molecule has 2 aromatic rings. The predicted octanol–water partition coefficient (Wildman–Crippen LogP) is 4.91. The molecule has 1 heterocycles. The van der Waals surface area contributed by atoms with Crippen LogP contribution in [0.2, 0.25) is 0 Å². The van der Waals surface area contributed by atoms with E-state index in [1.165, 1.54) is 6.21 Å². The summed E-state index contributed by atoms with van der Waals surface area (Å²) < 4.78 is 6.00. The van der Waals surface area contributed by atoms with Crippen molar-refractivity contribution in [2.75, 3.05) is 6.54 Å². The maximum absolute atomic E-state index is 7.52. The van der Waals surface area contributed by atoms with Crippen LogP contribution in [0.1, 0.15) is 38.3 Å². The van der Waals surface area contributed by atoms with Gasteiger partial charge in [0, 0.05) is 35.5 Å². The van der Waals surface area contributed by atoms with Gasteiger partial charge < -0.3 is 15.9 Å². The van der Waals surface area contributed by atoms with Gasteiger partial charge in [0.25, 0.3) is 0 Å². The van der Waals surface area contributed by atoms with E-state index < -0.39 is 0 Å². The van der Waals surface area contributed by atoms with E-state index in [1.807, 2.05) is 50.4 Å². The molecule has 5 heteroatoms. The number of pyridine rings is 1. The van der Waals surface area contributed by atoms with Crippen LogP contribution >= 0.6 is 0 Å². The lowest BCUT2D eigenvalue weighted by Crippen LogP contribution is -2.03. The summed E-state index contributed by atoms with van der Waals surface area (Å²) in [7, 11) is 0. The van der Waals surface area contributed by atoms with Crippen molar-refractivity contribution in [1.82, 2.24) is 4.98 Å². The first-order valence-corrected chi connectivity index (χ1v) is 9.36. The zero-order valence-electron chi connectivity index (χ0n) is 16.8. The van der Waals surface area contributed by atoms with E-state index in [0.29, 0.717) is 18.1 Å². The minimum Gasteiger partial charge on any atom is -0.457 e. The highest BCUT2D eigenvalue weighted by molar-refractivity contribution is 5.82. The predicted molar refractivity (Wildman–Crippen MR) is 117 cm³/mol. The molecule has 0 atom stereocenters. The highest BCUT2D eigenvalue weighted by Gasteiger charge is 2.10. The minimum absolute atomic E-state index is 0.480. The minimum atomic E-state index is 0.480. The van der Waals surface area contributed by atoms with Crippen molar-refractivity contribution in [2.24, 2.45) is 10.7 Å². The fourth-order valence-electron chi connectivity index (χ4n) is 2.64. The van der Waals surface area contributed by atoms with E-state index in [1.54, 1.807) is 6.08 Å². The number of nitrogens with one attached hydrogen (secondary N) is 1. The maximum atomic E-state index is 7.52. The Balaban J connectivity index is 2.33. The van der Waals surface area contributed by atoms with Crippen LogP contribution < -0.4 is 10.5 Å². The molecule has 1 aromatic carbocycles. The molecule has 0 saturated heterocycles. The van der Waals surface area contributed by atoms with Gasteiger partial charge in [-0.15, -0.1) is 0 Å². The zero-order chi connectivity index (χ0) is 20.5. The van der Waals surface area contributed by atoms with E-state index in [9.17, 15) is 0 Å². The molecule has 0 amide bonds. The molecule has 1 aromatic heterocycles. The second kappa shape index (κ2) is 10.3. The summed E-state index contributed by atoms with van der Waals surface area (Å²) >= 11 is 0. The Bertz CT molecular complexity index is 895. The number of nitrogens with two attached hydrogens (primary N) is 1. The maximum Gasteiger partial charge on any atom is 0.137 e. The number of hydrogen-bond acceptors (Lipinski definition) is 5. The van der Waals surface area contributed by atoms with Crippen LogP contribution in [-0.4, -0.2) is 23.5 Å². The lowest BCUT2D eigenvalue weighted by molar-refractivity contribution is 0.447. The van der Waals surface area contributed by atoms with Gasteiger partial charge in [-0.1, -0.05) is 25.6 Å². The lowest BCUT2D eigenvalue weighted by Gasteiger charge is -2.12. The summed E-state index contributed by atoms with van der Waals surface area (Å²) in [5.41, 5.74) is 11.0. The summed E-state index contributed by atoms with van der Waals surface area (Å²) in [5.74, 6) is 1.08. The van der Waals surface area contributed by atoms with Gasteiger partial charge in [-0.3, -0.25) is 9.98 Å². The smallest absolute Gasteiger partial charge is 0.137 e. The molecule has 0 saturated carbocycles. The summed E-state index contributed by atoms with van der Waals surface area (Å²) in [4.78, 5) is 9.04. The van der Waals surface area contributed by atoms with Gasteiger partial charge in [0.1, 0.15) is 11.5 Å². The average molecular weight is 377 g/mol. The Hall–Kier alpha value is -3.05. The number of aromatic nitrogens is 1. The molecular weight excluding hydrogens is 348 g/mol. The van der Waals surface area contributed by atoms with E-state index >= 15 is 0 Å². The van der Waals surface area contributed by atoms with Gasteiger partial charge in [0.15, 0.2) is 0 Å². The van der Waals surface area contributed by atoms with Crippen molar-refractivity contribution >= 4 is 11.9 Å². The van der Waals surface area contributed by atoms with E-state index in [-0.39, 0.29) is 0 Å². The van der Waals surface area contributed by atoms with Crippen molar-refractivity contribution in [3.8, 4) is 17.0 Å². The van der Waals surface area contributed by atoms with Gasteiger partial charge in [-0.2, -0.15) is 0 Å². The monoisotopic (exact) mass is 376 g/mol. The molecule has 0 aliphatic rings. The molecule has 5 nitrogen and oxygen atoms in total. The molecule has 0 unspecified atom stereocenters. The van der Waals surface area contributed by atoms with Crippen LogP contribution in [0.25, 0.3) is 11.3 Å². The molecule has 0 fully saturated rings. The van der Waals surface area contributed by atoms with Crippen molar-refractivity contribution in [2.45, 2.75) is 33.6 Å². The van der Waals surface area contributed by atoms with Gasteiger partial charge in [0.05, 0.1) is 5.69 Å². The number of rotatable bonds is 9. The number of hydrogen-bond donors (Lipinski definition) is 2. The van der Waals surface area contributed by atoms with Crippen LogP contribution in [0, 0.1) is 5.41 Å². The third kappa shape index (κ3) is 5.99. The molecule has 2 rings (SSSR count). The normalized spacial score (nSPS) is 12.0. The topological polar surface area (TPSA) is 84.3 Å². The van der Waals surface area contributed by atoms with Gasteiger partial charge in [0.2, 0.25) is 0 Å². The third-order valence-corrected chi connectivity index (χ3v) is 4.20. The van der Waals surface area contributed by atoms with Gasteiger partial charge in [-0.25, -0.2) is 0 Å². The Labute approximate surface area is 167 Å². The van der Waals surface area contributed by atoms with Gasteiger partial charge >= 0.3 is 0 Å². The van der Waals surface area contributed by atoms with Crippen LogP contribution in [0.15, 0.2) is 65.6 Å². The van der Waals surface area contributed by atoms with E-state index in [4.69, 9.17) is 15.9 Å². The SMILES string of the molecule is C=C(/C=C(C)\N=C(\C)CC)Oc1cc(C=N)ccc1-c1ccc(CCN)cn1. The third-order valence-electron chi connectivity index (χ3n) is 4.20. The van der Waals surface area contributed by atoms with E-state index in [0.717, 1.165) is 46.6 Å². The molecule has 0 bridgehead atoms. The quantitative estimate of drug-likeness (QED) is 0.370. The number of ether oxygens (including phenoxy) is 1. The summed E-state index contributed by atoms with van der Waals surface area (Å²) in [6, 6.07) is 9.56. The highest BCUT2D eigenvalue weighted by atomic mass is 16.5. The second-order valence-electron chi connectivity index (χ2n) is 6.55. The molecular formula is C23H28N4O. The largest absolute Gasteiger partial charge is 0.457 e. The average Bonchev–Trinajstić information content (AvgIpc) is 2.68. The van der Waals surface area contributed by atoms with Crippen molar-refractivity contribution < 1.29 is 4.74 Å². The molecule has 3 N–H and O–H groups in total. The summed E-state index contributed by atoms with van der Waals surface area (Å²) in [6.07, 6.45) is 6.61. The lowest BCUT2D eigenvalue weighted by atomic mass is 10.1. The van der Waals surface area contributed by atoms with Crippen LogP contribution in [0.3, 0.4) is 0 Å².